The Morgan fingerprint density at radius 3 is 3.05 bits per heavy atom. The quantitative estimate of drug-likeness (QED) is 0.899. The van der Waals surface area contributed by atoms with Gasteiger partial charge >= 0.3 is 12.1 Å². The van der Waals surface area contributed by atoms with Crippen LogP contribution in [-0.4, -0.2) is 59.1 Å². The number of amides is 4. The molecule has 22 heavy (non-hydrogen) atoms. The highest BCUT2D eigenvalue weighted by Gasteiger charge is 2.33. The van der Waals surface area contributed by atoms with Crippen molar-refractivity contribution in [2.45, 2.75) is 18.9 Å². The number of aromatic nitrogens is 1. The van der Waals surface area contributed by atoms with Gasteiger partial charge in [0.15, 0.2) is 0 Å². The van der Waals surface area contributed by atoms with E-state index in [1.54, 1.807) is 17.2 Å². The number of imide groups is 1. The predicted octanol–water partition coefficient (Wildman–Crippen LogP) is 1.72. The van der Waals surface area contributed by atoms with E-state index in [0.717, 1.165) is 12.8 Å². The minimum atomic E-state index is -0.328. The lowest BCUT2D eigenvalue weighted by Gasteiger charge is -2.34. The number of rotatable bonds is 2. The van der Waals surface area contributed by atoms with Crippen molar-refractivity contribution in [2.24, 2.45) is 0 Å². The second-order valence-electron chi connectivity index (χ2n) is 5.30. The fourth-order valence-electron chi connectivity index (χ4n) is 2.67. The standard InChI is InChI=1S/C14H17ClN4O3/c15-11-8-16-4-3-12(11)22-10-2-1-6-18(9-10)14(21)19-7-5-17-13(19)20/h3-4,8,10H,1-2,5-7,9H2,(H,17,20). The molecule has 0 bridgehead atoms. The number of hydrogen-bond acceptors (Lipinski definition) is 4. The normalized spacial score (nSPS) is 21.7. The van der Waals surface area contributed by atoms with Gasteiger partial charge in [-0.15, -0.1) is 0 Å². The molecule has 7 nitrogen and oxygen atoms in total. The number of pyridine rings is 1. The van der Waals surface area contributed by atoms with Gasteiger partial charge in [-0.3, -0.25) is 4.98 Å². The van der Waals surface area contributed by atoms with Gasteiger partial charge in [-0.05, 0) is 12.8 Å². The summed E-state index contributed by atoms with van der Waals surface area (Å²) >= 11 is 6.04. The van der Waals surface area contributed by atoms with Crippen molar-refractivity contribution in [1.29, 1.82) is 0 Å². The van der Waals surface area contributed by atoms with Crippen molar-refractivity contribution in [3.8, 4) is 5.75 Å². The molecule has 1 unspecified atom stereocenters. The Balaban J connectivity index is 1.63. The second kappa shape index (κ2) is 6.39. The van der Waals surface area contributed by atoms with Crippen LogP contribution in [0.4, 0.5) is 9.59 Å². The van der Waals surface area contributed by atoms with Crippen LogP contribution >= 0.6 is 11.6 Å². The van der Waals surface area contributed by atoms with Gasteiger partial charge in [0.1, 0.15) is 16.9 Å². The Kier molecular flexibility index (Phi) is 4.33. The summed E-state index contributed by atoms with van der Waals surface area (Å²) in [6.07, 6.45) is 4.67. The minimum absolute atomic E-state index is 0.136. The molecule has 1 aromatic heterocycles. The van der Waals surface area contributed by atoms with Crippen LogP contribution in [0.5, 0.6) is 5.75 Å². The highest BCUT2D eigenvalue weighted by atomic mass is 35.5. The molecule has 0 aliphatic carbocycles. The molecule has 1 aromatic rings. The Morgan fingerprint density at radius 2 is 2.32 bits per heavy atom. The molecule has 8 heteroatoms. The summed E-state index contributed by atoms with van der Waals surface area (Å²) in [5.74, 6) is 0.565. The Morgan fingerprint density at radius 1 is 1.45 bits per heavy atom. The fraction of sp³-hybridized carbons (Fsp3) is 0.500. The Bertz CT molecular complexity index is 583. The number of halogens is 1. The molecule has 1 N–H and O–H groups in total. The molecule has 3 rings (SSSR count). The molecule has 0 spiro atoms. The first-order chi connectivity index (χ1) is 10.6. The second-order valence-corrected chi connectivity index (χ2v) is 5.71. The summed E-state index contributed by atoms with van der Waals surface area (Å²) in [6.45, 7) is 1.99. The van der Waals surface area contributed by atoms with Crippen LogP contribution in [0.1, 0.15) is 12.8 Å². The SMILES string of the molecule is O=C1NCCN1C(=O)N1CCCC(Oc2ccncc2Cl)C1. The smallest absolute Gasteiger partial charge is 0.328 e. The first-order valence-electron chi connectivity index (χ1n) is 7.25. The summed E-state index contributed by atoms with van der Waals surface area (Å²) in [4.78, 5) is 30.8. The van der Waals surface area contributed by atoms with E-state index in [4.69, 9.17) is 16.3 Å². The van der Waals surface area contributed by atoms with Crippen molar-refractivity contribution in [1.82, 2.24) is 20.1 Å². The summed E-state index contributed by atoms with van der Waals surface area (Å²) in [5, 5.41) is 3.08. The molecule has 2 saturated heterocycles. The van der Waals surface area contributed by atoms with E-state index < -0.39 is 0 Å². The van der Waals surface area contributed by atoms with Gasteiger partial charge in [0.25, 0.3) is 0 Å². The number of carbonyl (C=O) groups excluding carboxylic acids is 2. The summed E-state index contributed by atoms with van der Waals surface area (Å²) in [6, 6.07) is 1.12. The summed E-state index contributed by atoms with van der Waals surface area (Å²) in [7, 11) is 0. The van der Waals surface area contributed by atoms with Crippen LogP contribution in [0.2, 0.25) is 5.02 Å². The molecule has 4 amide bonds. The maximum absolute atomic E-state index is 12.4. The third kappa shape index (κ3) is 3.09. The lowest BCUT2D eigenvalue weighted by atomic mass is 10.1. The van der Waals surface area contributed by atoms with E-state index in [0.29, 0.717) is 37.0 Å². The highest BCUT2D eigenvalue weighted by molar-refractivity contribution is 6.31. The van der Waals surface area contributed by atoms with Crippen LogP contribution < -0.4 is 10.1 Å². The lowest BCUT2D eigenvalue weighted by Crippen LogP contribution is -2.50. The van der Waals surface area contributed by atoms with Gasteiger partial charge in [-0.1, -0.05) is 11.6 Å². The third-order valence-corrected chi connectivity index (χ3v) is 4.05. The van der Waals surface area contributed by atoms with E-state index in [2.05, 4.69) is 10.3 Å². The fourth-order valence-corrected chi connectivity index (χ4v) is 2.83. The van der Waals surface area contributed by atoms with E-state index >= 15 is 0 Å². The van der Waals surface area contributed by atoms with Gasteiger partial charge in [0, 0.05) is 38.1 Å². The van der Waals surface area contributed by atoms with Crippen LogP contribution in [-0.2, 0) is 0 Å². The van der Waals surface area contributed by atoms with Crippen LogP contribution in [0.3, 0.4) is 0 Å². The number of hydrogen-bond donors (Lipinski definition) is 1. The van der Waals surface area contributed by atoms with Crippen molar-refractivity contribution in [3.63, 3.8) is 0 Å². The van der Waals surface area contributed by atoms with Gasteiger partial charge < -0.3 is 15.0 Å². The van der Waals surface area contributed by atoms with Gasteiger partial charge in [0.2, 0.25) is 0 Å². The van der Waals surface area contributed by atoms with E-state index in [1.165, 1.54) is 11.1 Å². The van der Waals surface area contributed by atoms with E-state index in [9.17, 15) is 9.59 Å². The monoisotopic (exact) mass is 324 g/mol. The lowest BCUT2D eigenvalue weighted by molar-refractivity contribution is 0.0911. The molecule has 118 valence electrons. The number of carbonyl (C=O) groups is 2. The zero-order valence-corrected chi connectivity index (χ0v) is 12.8. The number of nitrogens with zero attached hydrogens (tertiary/aromatic N) is 3. The molecule has 0 radical (unpaired) electrons. The van der Waals surface area contributed by atoms with Gasteiger partial charge in [-0.25, -0.2) is 14.5 Å². The van der Waals surface area contributed by atoms with Crippen LogP contribution in [0.25, 0.3) is 0 Å². The average Bonchev–Trinajstić information content (AvgIpc) is 2.95. The largest absolute Gasteiger partial charge is 0.487 e. The molecular weight excluding hydrogens is 308 g/mol. The molecule has 2 aliphatic heterocycles. The van der Waals surface area contributed by atoms with Crippen molar-refractivity contribution in [2.75, 3.05) is 26.2 Å². The Hall–Kier alpha value is -2.02. The first kappa shape index (κ1) is 14.9. The third-order valence-electron chi connectivity index (χ3n) is 3.77. The molecule has 2 aliphatic rings. The molecule has 2 fully saturated rings. The topological polar surface area (TPSA) is 74.8 Å². The summed E-state index contributed by atoms with van der Waals surface area (Å²) in [5.41, 5.74) is 0. The maximum Gasteiger partial charge on any atom is 0.328 e. The molecule has 1 atom stereocenters. The van der Waals surface area contributed by atoms with Gasteiger partial charge in [-0.2, -0.15) is 0 Å². The van der Waals surface area contributed by atoms with Crippen LogP contribution in [0.15, 0.2) is 18.5 Å². The zero-order valence-electron chi connectivity index (χ0n) is 12.0. The van der Waals surface area contributed by atoms with Crippen molar-refractivity contribution in [3.05, 3.63) is 23.5 Å². The highest BCUT2D eigenvalue weighted by Crippen LogP contribution is 2.25. The predicted molar refractivity (Wildman–Crippen MR) is 80.0 cm³/mol. The zero-order chi connectivity index (χ0) is 15.5. The number of likely N-dealkylation sites (tertiary alicyclic amines) is 1. The van der Waals surface area contributed by atoms with Crippen molar-refractivity contribution < 1.29 is 14.3 Å². The van der Waals surface area contributed by atoms with Crippen molar-refractivity contribution >= 4 is 23.7 Å². The minimum Gasteiger partial charge on any atom is -0.487 e. The first-order valence-corrected chi connectivity index (χ1v) is 7.63. The molecule has 0 saturated carbocycles. The molecule has 3 heterocycles. The van der Waals surface area contributed by atoms with E-state index in [1.807, 2.05) is 0 Å². The van der Waals surface area contributed by atoms with Gasteiger partial charge in [0.05, 0.1) is 6.54 Å². The molecular formula is C14H17ClN4O3. The average molecular weight is 325 g/mol. The Labute approximate surface area is 133 Å². The van der Waals surface area contributed by atoms with E-state index in [-0.39, 0.29) is 18.2 Å². The summed E-state index contributed by atoms with van der Waals surface area (Å²) < 4.78 is 5.87. The maximum atomic E-state index is 12.4. The number of nitrogens with one attached hydrogen (secondary N) is 1. The molecule has 0 aromatic carbocycles. The van der Waals surface area contributed by atoms with Crippen LogP contribution in [0, 0.1) is 0 Å². The number of ether oxygens (including phenoxy) is 1. The number of piperidine rings is 1. The number of urea groups is 2.